The predicted octanol–water partition coefficient (Wildman–Crippen LogP) is 2.83. The zero-order chi connectivity index (χ0) is 11.0. The van der Waals surface area contributed by atoms with E-state index in [2.05, 4.69) is 33.0 Å². The molecular weight excluding hydrogens is 174 g/mol. The van der Waals surface area contributed by atoms with Crippen molar-refractivity contribution < 1.29 is 4.74 Å². The minimum atomic E-state index is 0.322. The van der Waals surface area contributed by atoms with Gasteiger partial charge in [-0.2, -0.15) is 0 Å². The van der Waals surface area contributed by atoms with E-state index in [9.17, 15) is 0 Å². The van der Waals surface area contributed by atoms with Crippen LogP contribution in [0.5, 0.6) is 0 Å². The van der Waals surface area contributed by atoms with E-state index in [0.717, 1.165) is 19.6 Å². The molecule has 1 atom stereocenters. The standard InChI is InChI=1S/C12H27NO/c1-6-7-9-14-10-8-11(13-5)12(2,3)4/h11,13H,6-10H2,1-5H3. The highest BCUT2D eigenvalue weighted by Gasteiger charge is 2.22. The predicted molar refractivity (Wildman–Crippen MR) is 62.6 cm³/mol. The molecule has 0 aliphatic rings. The second-order valence-electron chi connectivity index (χ2n) is 4.96. The molecule has 0 amide bonds. The molecular formula is C12H27NO. The van der Waals surface area contributed by atoms with Crippen molar-refractivity contribution in [2.24, 2.45) is 5.41 Å². The summed E-state index contributed by atoms with van der Waals surface area (Å²) in [5, 5.41) is 3.35. The number of unbranched alkanes of at least 4 members (excludes halogenated alkanes) is 1. The maximum Gasteiger partial charge on any atom is 0.0481 e. The van der Waals surface area contributed by atoms with Crippen LogP contribution in [0, 0.1) is 5.41 Å². The van der Waals surface area contributed by atoms with E-state index in [4.69, 9.17) is 4.74 Å². The van der Waals surface area contributed by atoms with Crippen molar-refractivity contribution in [2.45, 2.75) is 53.0 Å². The Morgan fingerprint density at radius 1 is 1.21 bits per heavy atom. The fourth-order valence-electron chi connectivity index (χ4n) is 1.56. The zero-order valence-electron chi connectivity index (χ0n) is 10.5. The first-order chi connectivity index (χ1) is 6.52. The summed E-state index contributed by atoms with van der Waals surface area (Å²) in [6.07, 6.45) is 3.50. The highest BCUT2D eigenvalue weighted by molar-refractivity contribution is 4.78. The molecule has 1 unspecified atom stereocenters. The lowest BCUT2D eigenvalue weighted by Gasteiger charge is -2.30. The molecule has 0 aliphatic carbocycles. The average Bonchev–Trinajstić information content (AvgIpc) is 2.09. The molecule has 0 aromatic rings. The summed E-state index contributed by atoms with van der Waals surface area (Å²) in [5.74, 6) is 0. The monoisotopic (exact) mass is 201 g/mol. The van der Waals surface area contributed by atoms with Crippen LogP contribution in [0.25, 0.3) is 0 Å². The van der Waals surface area contributed by atoms with Crippen LogP contribution in [0.4, 0.5) is 0 Å². The van der Waals surface area contributed by atoms with Crippen molar-refractivity contribution in [1.29, 1.82) is 0 Å². The molecule has 86 valence electrons. The van der Waals surface area contributed by atoms with Crippen LogP contribution in [0.2, 0.25) is 0 Å². The third kappa shape index (κ3) is 6.39. The summed E-state index contributed by atoms with van der Waals surface area (Å²) in [6.45, 7) is 10.8. The van der Waals surface area contributed by atoms with E-state index >= 15 is 0 Å². The Kier molecular flexibility index (Phi) is 7.20. The van der Waals surface area contributed by atoms with E-state index in [1.165, 1.54) is 12.8 Å². The van der Waals surface area contributed by atoms with Gasteiger partial charge in [-0.05, 0) is 25.3 Å². The van der Waals surface area contributed by atoms with Crippen LogP contribution in [-0.2, 0) is 4.74 Å². The van der Waals surface area contributed by atoms with Gasteiger partial charge in [0.2, 0.25) is 0 Å². The zero-order valence-corrected chi connectivity index (χ0v) is 10.5. The lowest BCUT2D eigenvalue weighted by Crippen LogP contribution is -2.38. The summed E-state index contributed by atoms with van der Waals surface area (Å²) in [4.78, 5) is 0. The maximum atomic E-state index is 5.56. The molecule has 0 rings (SSSR count). The van der Waals surface area contributed by atoms with Crippen LogP contribution >= 0.6 is 0 Å². The van der Waals surface area contributed by atoms with Gasteiger partial charge in [0.1, 0.15) is 0 Å². The molecule has 0 fully saturated rings. The molecule has 1 N–H and O–H groups in total. The third-order valence-corrected chi connectivity index (χ3v) is 2.59. The van der Waals surface area contributed by atoms with Crippen LogP contribution < -0.4 is 5.32 Å². The average molecular weight is 201 g/mol. The second kappa shape index (κ2) is 7.24. The number of hydrogen-bond donors (Lipinski definition) is 1. The van der Waals surface area contributed by atoms with Crippen LogP contribution in [0.15, 0.2) is 0 Å². The van der Waals surface area contributed by atoms with Gasteiger partial charge in [-0.25, -0.2) is 0 Å². The van der Waals surface area contributed by atoms with E-state index in [1.54, 1.807) is 0 Å². The minimum absolute atomic E-state index is 0.322. The van der Waals surface area contributed by atoms with Gasteiger partial charge in [-0.1, -0.05) is 34.1 Å². The van der Waals surface area contributed by atoms with Gasteiger partial charge in [-0.3, -0.25) is 0 Å². The molecule has 0 saturated heterocycles. The smallest absolute Gasteiger partial charge is 0.0481 e. The Morgan fingerprint density at radius 2 is 1.86 bits per heavy atom. The quantitative estimate of drug-likeness (QED) is 0.640. The molecule has 0 bridgehead atoms. The molecule has 0 saturated carbocycles. The molecule has 0 heterocycles. The summed E-state index contributed by atoms with van der Waals surface area (Å²) in [7, 11) is 2.03. The van der Waals surface area contributed by atoms with Crippen molar-refractivity contribution in [3.63, 3.8) is 0 Å². The summed E-state index contributed by atoms with van der Waals surface area (Å²) >= 11 is 0. The molecule has 0 radical (unpaired) electrons. The van der Waals surface area contributed by atoms with Crippen LogP contribution in [0.1, 0.15) is 47.0 Å². The second-order valence-corrected chi connectivity index (χ2v) is 4.96. The van der Waals surface area contributed by atoms with E-state index in [1.807, 2.05) is 7.05 Å². The van der Waals surface area contributed by atoms with Gasteiger partial charge < -0.3 is 10.1 Å². The van der Waals surface area contributed by atoms with Crippen molar-refractivity contribution in [3.8, 4) is 0 Å². The minimum Gasteiger partial charge on any atom is -0.381 e. The molecule has 0 aliphatic heterocycles. The first-order valence-electron chi connectivity index (χ1n) is 5.77. The van der Waals surface area contributed by atoms with E-state index in [0.29, 0.717) is 11.5 Å². The van der Waals surface area contributed by atoms with Gasteiger partial charge >= 0.3 is 0 Å². The third-order valence-electron chi connectivity index (χ3n) is 2.59. The Bertz CT molecular complexity index is 129. The van der Waals surface area contributed by atoms with Crippen molar-refractivity contribution >= 4 is 0 Å². The number of hydrogen-bond acceptors (Lipinski definition) is 2. The largest absolute Gasteiger partial charge is 0.381 e. The van der Waals surface area contributed by atoms with Crippen molar-refractivity contribution in [2.75, 3.05) is 20.3 Å². The van der Waals surface area contributed by atoms with Crippen molar-refractivity contribution in [3.05, 3.63) is 0 Å². The van der Waals surface area contributed by atoms with E-state index in [-0.39, 0.29) is 0 Å². The SMILES string of the molecule is CCCCOCCC(NC)C(C)(C)C. The number of nitrogens with one attached hydrogen (secondary N) is 1. The normalized spacial score (nSPS) is 14.4. The first-order valence-corrected chi connectivity index (χ1v) is 5.77. The molecule has 0 aromatic carbocycles. The molecule has 0 spiro atoms. The fraction of sp³-hybridized carbons (Fsp3) is 1.00. The Morgan fingerprint density at radius 3 is 2.29 bits per heavy atom. The Hall–Kier alpha value is -0.0800. The van der Waals surface area contributed by atoms with Gasteiger partial charge in [-0.15, -0.1) is 0 Å². The molecule has 14 heavy (non-hydrogen) atoms. The van der Waals surface area contributed by atoms with Gasteiger partial charge in [0, 0.05) is 19.3 Å². The summed E-state index contributed by atoms with van der Waals surface area (Å²) < 4.78 is 5.56. The molecule has 2 nitrogen and oxygen atoms in total. The number of ether oxygens (including phenoxy) is 1. The lowest BCUT2D eigenvalue weighted by molar-refractivity contribution is 0.107. The maximum absolute atomic E-state index is 5.56. The topological polar surface area (TPSA) is 21.3 Å². The highest BCUT2D eigenvalue weighted by Crippen LogP contribution is 2.21. The number of rotatable bonds is 7. The first kappa shape index (κ1) is 13.9. The van der Waals surface area contributed by atoms with Gasteiger partial charge in [0.15, 0.2) is 0 Å². The van der Waals surface area contributed by atoms with Gasteiger partial charge in [0.25, 0.3) is 0 Å². The lowest BCUT2D eigenvalue weighted by atomic mass is 9.85. The Labute approximate surface area is 89.4 Å². The van der Waals surface area contributed by atoms with Crippen molar-refractivity contribution in [1.82, 2.24) is 5.32 Å². The Balaban J connectivity index is 3.54. The van der Waals surface area contributed by atoms with Crippen LogP contribution in [-0.4, -0.2) is 26.3 Å². The van der Waals surface area contributed by atoms with Gasteiger partial charge in [0.05, 0.1) is 0 Å². The van der Waals surface area contributed by atoms with E-state index < -0.39 is 0 Å². The van der Waals surface area contributed by atoms with Crippen LogP contribution in [0.3, 0.4) is 0 Å². The fourth-order valence-corrected chi connectivity index (χ4v) is 1.56. The molecule has 0 aromatic heterocycles. The highest BCUT2D eigenvalue weighted by atomic mass is 16.5. The summed E-state index contributed by atoms with van der Waals surface area (Å²) in [5.41, 5.74) is 0.322. The summed E-state index contributed by atoms with van der Waals surface area (Å²) in [6, 6.07) is 0.545. The molecule has 2 heteroatoms.